The van der Waals surface area contributed by atoms with Crippen LogP contribution < -0.4 is 4.74 Å². The Morgan fingerprint density at radius 2 is 2.04 bits per heavy atom. The van der Waals surface area contributed by atoms with Crippen LogP contribution >= 0.6 is 0 Å². The molecule has 0 saturated carbocycles. The zero-order valence-electron chi connectivity index (χ0n) is 14.7. The smallest absolute Gasteiger partial charge is 0.415 e. The highest BCUT2D eigenvalue weighted by Gasteiger charge is 2.22. The Kier molecular flexibility index (Phi) is 6.05. The van der Waals surface area contributed by atoms with Crippen molar-refractivity contribution in [3.8, 4) is 5.75 Å². The maximum absolute atomic E-state index is 12.4. The minimum absolute atomic E-state index is 0.0758. The van der Waals surface area contributed by atoms with E-state index in [0.717, 1.165) is 0 Å². The summed E-state index contributed by atoms with van der Waals surface area (Å²) >= 11 is 0. The number of carbonyl (C=O) groups is 2. The molecule has 1 heterocycles. The third-order valence-electron chi connectivity index (χ3n) is 3.43. The van der Waals surface area contributed by atoms with Gasteiger partial charge in [-0.3, -0.25) is 24.8 Å². The Labute approximate surface area is 149 Å². The van der Waals surface area contributed by atoms with Gasteiger partial charge in [-0.05, 0) is 39.0 Å². The lowest BCUT2D eigenvalue weighted by Crippen LogP contribution is -2.38. The van der Waals surface area contributed by atoms with Gasteiger partial charge in [0.15, 0.2) is 5.75 Å². The molecule has 138 valence electrons. The molecule has 0 radical (unpaired) electrons. The van der Waals surface area contributed by atoms with Crippen molar-refractivity contribution >= 4 is 28.7 Å². The van der Waals surface area contributed by atoms with E-state index in [1.807, 2.05) is 0 Å². The van der Waals surface area contributed by atoms with Crippen LogP contribution in [-0.2, 0) is 9.53 Å². The van der Waals surface area contributed by atoms with Crippen LogP contribution in [0.25, 0.3) is 10.9 Å². The molecule has 0 saturated heterocycles. The summed E-state index contributed by atoms with van der Waals surface area (Å²) < 4.78 is 10.3. The predicted molar refractivity (Wildman–Crippen MR) is 92.9 cm³/mol. The van der Waals surface area contributed by atoms with E-state index in [1.54, 1.807) is 26.8 Å². The molecular weight excluding hydrogens is 342 g/mol. The van der Waals surface area contributed by atoms with Gasteiger partial charge in [0.1, 0.15) is 12.1 Å². The number of carbonyl (C=O) groups excluding carboxylic acids is 2. The average molecular weight is 361 g/mol. The minimum atomic E-state index is -0.769. The van der Waals surface area contributed by atoms with E-state index in [9.17, 15) is 19.7 Å². The number of aromatic nitrogens is 1. The van der Waals surface area contributed by atoms with E-state index < -0.39 is 17.0 Å². The van der Waals surface area contributed by atoms with Gasteiger partial charge in [0.05, 0.1) is 16.4 Å². The van der Waals surface area contributed by atoms with Crippen molar-refractivity contribution in [2.75, 3.05) is 13.1 Å². The Morgan fingerprint density at radius 3 is 2.65 bits per heavy atom. The third-order valence-corrected chi connectivity index (χ3v) is 3.43. The van der Waals surface area contributed by atoms with Gasteiger partial charge in [0.2, 0.25) is 0 Å². The highest BCUT2D eigenvalue weighted by Crippen LogP contribution is 2.31. The highest BCUT2D eigenvalue weighted by atomic mass is 16.6. The van der Waals surface area contributed by atoms with E-state index in [2.05, 4.69) is 4.98 Å². The molecule has 0 unspecified atom stereocenters. The van der Waals surface area contributed by atoms with Crippen molar-refractivity contribution in [2.45, 2.75) is 26.9 Å². The number of rotatable bonds is 6. The molecule has 26 heavy (non-hydrogen) atoms. The number of amides is 1. The SMILES string of the molecule is CCN(CC(=O)OC(C)C)C(=O)Oc1ccc([N+](=O)[O-])c2cccnc12. The Hall–Kier alpha value is -3.23. The van der Waals surface area contributed by atoms with Gasteiger partial charge in [-0.1, -0.05) is 0 Å². The number of non-ortho nitro benzene ring substituents is 1. The van der Waals surface area contributed by atoms with E-state index in [1.165, 1.54) is 29.3 Å². The standard InChI is InChI=1S/C17H19N3O6/c1-4-19(10-15(21)25-11(2)3)17(22)26-14-8-7-13(20(23)24)12-6-5-9-18-16(12)14/h5-9,11H,4,10H2,1-3H3. The molecule has 2 rings (SSSR count). The summed E-state index contributed by atoms with van der Waals surface area (Å²) in [5.41, 5.74) is 0.0524. The van der Waals surface area contributed by atoms with E-state index in [0.29, 0.717) is 0 Å². The van der Waals surface area contributed by atoms with Gasteiger partial charge in [0, 0.05) is 18.8 Å². The van der Waals surface area contributed by atoms with Crippen LogP contribution in [0.2, 0.25) is 0 Å². The van der Waals surface area contributed by atoms with Gasteiger partial charge in [-0.2, -0.15) is 0 Å². The Balaban J connectivity index is 2.24. The van der Waals surface area contributed by atoms with Crippen molar-refractivity contribution in [3.05, 3.63) is 40.6 Å². The molecule has 0 bridgehead atoms. The number of fused-ring (bicyclic) bond motifs is 1. The molecule has 1 aromatic carbocycles. The second-order valence-electron chi connectivity index (χ2n) is 5.66. The summed E-state index contributed by atoms with van der Waals surface area (Å²) in [6.07, 6.45) is 0.384. The number of nitro groups is 1. The van der Waals surface area contributed by atoms with E-state index >= 15 is 0 Å². The van der Waals surface area contributed by atoms with E-state index in [-0.39, 0.29) is 41.5 Å². The molecule has 2 aromatic rings. The first-order chi connectivity index (χ1) is 12.3. The summed E-state index contributed by atoms with van der Waals surface area (Å²) in [6, 6.07) is 5.64. The molecule has 1 amide bonds. The molecule has 1 aromatic heterocycles. The van der Waals surface area contributed by atoms with Gasteiger partial charge >= 0.3 is 12.1 Å². The molecule has 0 aliphatic rings. The second kappa shape index (κ2) is 8.24. The number of hydrogen-bond donors (Lipinski definition) is 0. The fraction of sp³-hybridized carbons (Fsp3) is 0.353. The lowest BCUT2D eigenvalue weighted by molar-refractivity contribution is -0.383. The number of nitrogens with zero attached hydrogens (tertiary/aromatic N) is 3. The lowest BCUT2D eigenvalue weighted by Gasteiger charge is -2.20. The van der Waals surface area contributed by atoms with Gasteiger partial charge in [0.25, 0.3) is 5.69 Å². The quantitative estimate of drug-likeness (QED) is 0.442. The molecule has 0 aliphatic carbocycles. The Morgan fingerprint density at radius 1 is 1.31 bits per heavy atom. The first kappa shape index (κ1) is 19.1. The molecule has 0 spiro atoms. The zero-order chi connectivity index (χ0) is 19.3. The van der Waals surface area contributed by atoms with Crippen molar-refractivity contribution in [1.29, 1.82) is 0 Å². The van der Waals surface area contributed by atoms with Crippen LogP contribution in [0.1, 0.15) is 20.8 Å². The number of pyridine rings is 1. The number of esters is 1. The maximum Gasteiger partial charge on any atom is 0.415 e. The number of nitro benzene ring substituents is 1. The molecule has 0 N–H and O–H groups in total. The van der Waals surface area contributed by atoms with Crippen LogP contribution in [0.4, 0.5) is 10.5 Å². The van der Waals surface area contributed by atoms with Crippen LogP contribution in [-0.4, -0.2) is 46.1 Å². The predicted octanol–water partition coefficient (Wildman–Crippen LogP) is 2.92. The number of benzene rings is 1. The summed E-state index contributed by atoms with van der Waals surface area (Å²) in [6.45, 7) is 5.08. The van der Waals surface area contributed by atoms with Crippen molar-refractivity contribution in [2.24, 2.45) is 0 Å². The Bertz CT molecular complexity index is 836. The van der Waals surface area contributed by atoms with Crippen molar-refractivity contribution in [1.82, 2.24) is 9.88 Å². The molecule has 0 fully saturated rings. The highest BCUT2D eigenvalue weighted by molar-refractivity contribution is 5.93. The van der Waals surface area contributed by atoms with Crippen LogP contribution in [0, 0.1) is 10.1 Å². The topological polar surface area (TPSA) is 112 Å². The van der Waals surface area contributed by atoms with Crippen LogP contribution in [0.15, 0.2) is 30.5 Å². The monoisotopic (exact) mass is 361 g/mol. The fourth-order valence-corrected chi connectivity index (χ4v) is 2.29. The van der Waals surface area contributed by atoms with Gasteiger partial charge in [-0.25, -0.2) is 4.79 Å². The lowest BCUT2D eigenvalue weighted by atomic mass is 10.1. The van der Waals surface area contributed by atoms with Crippen LogP contribution in [0.5, 0.6) is 5.75 Å². The molecular formula is C17H19N3O6. The molecule has 0 atom stereocenters. The zero-order valence-corrected chi connectivity index (χ0v) is 14.7. The summed E-state index contributed by atoms with van der Waals surface area (Å²) in [4.78, 5) is 39.9. The third kappa shape index (κ3) is 4.44. The largest absolute Gasteiger partial charge is 0.462 e. The summed E-state index contributed by atoms with van der Waals surface area (Å²) in [7, 11) is 0. The average Bonchev–Trinajstić information content (AvgIpc) is 2.58. The van der Waals surface area contributed by atoms with Crippen LogP contribution in [0.3, 0.4) is 0 Å². The van der Waals surface area contributed by atoms with Gasteiger partial charge < -0.3 is 9.47 Å². The van der Waals surface area contributed by atoms with E-state index in [4.69, 9.17) is 9.47 Å². The van der Waals surface area contributed by atoms with Crippen molar-refractivity contribution < 1.29 is 24.0 Å². The molecule has 0 aliphatic heterocycles. The maximum atomic E-state index is 12.4. The number of likely N-dealkylation sites (N-methyl/N-ethyl adjacent to an activating group) is 1. The summed E-state index contributed by atoms with van der Waals surface area (Å²) in [5, 5.41) is 11.4. The summed E-state index contributed by atoms with van der Waals surface area (Å²) in [5.74, 6) is -0.475. The fourth-order valence-electron chi connectivity index (χ4n) is 2.29. The first-order valence-corrected chi connectivity index (χ1v) is 8.01. The first-order valence-electron chi connectivity index (χ1n) is 8.01. The normalized spacial score (nSPS) is 10.6. The van der Waals surface area contributed by atoms with Gasteiger partial charge in [-0.15, -0.1) is 0 Å². The molecule has 9 heteroatoms. The minimum Gasteiger partial charge on any atom is -0.462 e. The second-order valence-corrected chi connectivity index (χ2v) is 5.66. The molecule has 9 nitrogen and oxygen atoms in total. The van der Waals surface area contributed by atoms with Crippen molar-refractivity contribution in [3.63, 3.8) is 0 Å². The number of hydrogen-bond acceptors (Lipinski definition) is 7. The number of ether oxygens (including phenoxy) is 2.